The van der Waals surface area contributed by atoms with Crippen LogP contribution in [0.1, 0.15) is 30.5 Å². The van der Waals surface area contributed by atoms with Gasteiger partial charge in [-0.05, 0) is 56.2 Å². The van der Waals surface area contributed by atoms with Crippen molar-refractivity contribution in [3.05, 3.63) is 64.9 Å². The molecule has 5 heteroatoms. The zero-order valence-electron chi connectivity index (χ0n) is 15.1. The van der Waals surface area contributed by atoms with E-state index in [4.69, 9.17) is 14.2 Å². The highest BCUT2D eigenvalue weighted by Gasteiger charge is 2.25. The monoisotopic (exact) mass is 351 g/mol. The molecule has 0 bridgehead atoms. The molecule has 0 aliphatic carbocycles. The van der Waals surface area contributed by atoms with Crippen LogP contribution in [0.4, 0.5) is 0 Å². The van der Waals surface area contributed by atoms with Crippen molar-refractivity contribution >= 4 is 17.9 Å². The van der Waals surface area contributed by atoms with Gasteiger partial charge in [-0.1, -0.05) is 24.3 Å². The smallest absolute Gasteiger partial charge is 0.363 e. The standard InChI is InChI=1S/C21H21NO4/c1-4-24-18-11-10-16(13-19(18)25-5-2)20-22-17(21(23)26-20)12-15-9-7-6-8-14(15)3/h6-13H,4-5H2,1-3H3. The van der Waals surface area contributed by atoms with Crippen molar-refractivity contribution in [1.82, 2.24) is 0 Å². The van der Waals surface area contributed by atoms with Gasteiger partial charge in [0.1, 0.15) is 0 Å². The molecule has 1 aliphatic heterocycles. The average molecular weight is 351 g/mol. The van der Waals surface area contributed by atoms with Crippen molar-refractivity contribution in [2.24, 2.45) is 4.99 Å². The summed E-state index contributed by atoms with van der Waals surface area (Å²) in [4.78, 5) is 16.6. The van der Waals surface area contributed by atoms with Crippen molar-refractivity contribution in [2.75, 3.05) is 13.2 Å². The number of carbonyl (C=O) groups is 1. The molecule has 0 N–H and O–H groups in total. The van der Waals surface area contributed by atoms with Gasteiger partial charge in [0.05, 0.1) is 13.2 Å². The molecule has 0 amide bonds. The van der Waals surface area contributed by atoms with Gasteiger partial charge in [-0.3, -0.25) is 0 Å². The number of hydrogen-bond donors (Lipinski definition) is 0. The highest BCUT2D eigenvalue weighted by atomic mass is 16.6. The van der Waals surface area contributed by atoms with Crippen molar-refractivity contribution in [2.45, 2.75) is 20.8 Å². The fourth-order valence-corrected chi connectivity index (χ4v) is 2.61. The molecule has 2 aromatic carbocycles. The Morgan fingerprint density at radius 2 is 1.77 bits per heavy atom. The number of aryl methyl sites for hydroxylation is 1. The molecule has 1 aliphatic rings. The molecule has 0 spiro atoms. The first-order chi connectivity index (χ1) is 12.6. The molecule has 0 fully saturated rings. The van der Waals surface area contributed by atoms with Crippen LogP contribution in [0, 0.1) is 6.92 Å². The third-order valence-electron chi connectivity index (χ3n) is 3.89. The number of carbonyl (C=O) groups excluding carboxylic acids is 1. The molecule has 134 valence electrons. The van der Waals surface area contributed by atoms with Crippen molar-refractivity contribution in [3.8, 4) is 11.5 Å². The third-order valence-corrected chi connectivity index (χ3v) is 3.89. The van der Waals surface area contributed by atoms with Crippen molar-refractivity contribution < 1.29 is 19.0 Å². The molecule has 1 heterocycles. The molecule has 0 saturated heterocycles. The molecule has 0 saturated carbocycles. The van der Waals surface area contributed by atoms with E-state index in [1.165, 1.54) is 0 Å². The van der Waals surface area contributed by atoms with Crippen LogP contribution >= 0.6 is 0 Å². The summed E-state index contributed by atoms with van der Waals surface area (Å²) in [6.07, 6.45) is 1.74. The van der Waals surface area contributed by atoms with E-state index in [-0.39, 0.29) is 11.6 Å². The summed E-state index contributed by atoms with van der Waals surface area (Å²) >= 11 is 0. The Morgan fingerprint density at radius 3 is 2.50 bits per heavy atom. The molecule has 3 rings (SSSR count). The molecule has 0 aromatic heterocycles. The van der Waals surface area contributed by atoms with E-state index in [0.717, 1.165) is 11.1 Å². The van der Waals surface area contributed by atoms with Crippen LogP contribution in [0.5, 0.6) is 11.5 Å². The van der Waals surface area contributed by atoms with Crippen LogP contribution in [0.25, 0.3) is 6.08 Å². The van der Waals surface area contributed by atoms with E-state index in [2.05, 4.69) is 4.99 Å². The van der Waals surface area contributed by atoms with Gasteiger partial charge in [0.25, 0.3) is 0 Å². The minimum absolute atomic E-state index is 0.263. The minimum Gasteiger partial charge on any atom is -0.490 e. The van der Waals surface area contributed by atoms with Gasteiger partial charge in [0.15, 0.2) is 17.2 Å². The van der Waals surface area contributed by atoms with Gasteiger partial charge >= 0.3 is 5.97 Å². The first-order valence-corrected chi connectivity index (χ1v) is 8.60. The topological polar surface area (TPSA) is 57.1 Å². The third kappa shape index (κ3) is 3.77. The Hall–Kier alpha value is -3.08. The fourth-order valence-electron chi connectivity index (χ4n) is 2.61. The molecule has 0 unspecified atom stereocenters. The van der Waals surface area contributed by atoms with Crippen molar-refractivity contribution in [1.29, 1.82) is 0 Å². The van der Waals surface area contributed by atoms with Crippen LogP contribution in [0.15, 0.2) is 53.2 Å². The number of hydrogen-bond acceptors (Lipinski definition) is 5. The molecule has 0 radical (unpaired) electrons. The Balaban J connectivity index is 1.93. The predicted octanol–water partition coefficient (Wildman–Crippen LogP) is 4.14. The SMILES string of the molecule is CCOc1ccc(C2=NC(=Cc3ccccc3C)C(=O)O2)cc1OCC. The second-order valence-electron chi connectivity index (χ2n) is 5.72. The van der Waals surface area contributed by atoms with Gasteiger partial charge in [-0.25, -0.2) is 9.79 Å². The average Bonchev–Trinajstić information content (AvgIpc) is 2.99. The summed E-state index contributed by atoms with van der Waals surface area (Å²) in [6.45, 7) is 6.85. The van der Waals surface area contributed by atoms with Crippen LogP contribution in [-0.2, 0) is 9.53 Å². The van der Waals surface area contributed by atoms with E-state index in [9.17, 15) is 4.79 Å². The largest absolute Gasteiger partial charge is 0.490 e. The minimum atomic E-state index is -0.463. The number of aliphatic imine (C=N–C) groups is 1. The number of benzene rings is 2. The van der Waals surface area contributed by atoms with Gasteiger partial charge in [0.2, 0.25) is 5.90 Å². The Kier molecular flexibility index (Phi) is 5.37. The zero-order valence-corrected chi connectivity index (χ0v) is 15.1. The molecular formula is C21H21NO4. The first-order valence-electron chi connectivity index (χ1n) is 8.60. The van der Waals surface area contributed by atoms with E-state index < -0.39 is 5.97 Å². The number of nitrogens with zero attached hydrogens (tertiary/aromatic N) is 1. The van der Waals surface area contributed by atoms with Crippen LogP contribution in [-0.4, -0.2) is 25.1 Å². The Bertz CT molecular complexity index is 883. The number of cyclic esters (lactones) is 1. The summed E-state index contributed by atoms with van der Waals surface area (Å²) in [6, 6.07) is 13.2. The summed E-state index contributed by atoms with van der Waals surface area (Å²) in [5, 5.41) is 0. The van der Waals surface area contributed by atoms with Gasteiger partial charge < -0.3 is 14.2 Å². The zero-order chi connectivity index (χ0) is 18.5. The maximum Gasteiger partial charge on any atom is 0.363 e. The number of rotatable bonds is 6. The predicted molar refractivity (Wildman–Crippen MR) is 101 cm³/mol. The van der Waals surface area contributed by atoms with Crippen LogP contribution in [0.3, 0.4) is 0 Å². The molecule has 2 aromatic rings. The second kappa shape index (κ2) is 7.87. The molecule has 5 nitrogen and oxygen atoms in total. The first kappa shape index (κ1) is 17.7. The lowest BCUT2D eigenvalue weighted by Gasteiger charge is -2.11. The lowest BCUT2D eigenvalue weighted by Crippen LogP contribution is -2.06. The van der Waals surface area contributed by atoms with Gasteiger partial charge in [0, 0.05) is 5.56 Å². The highest BCUT2D eigenvalue weighted by molar-refractivity contribution is 6.13. The van der Waals surface area contributed by atoms with Gasteiger partial charge in [-0.2, -0.15) is 0 Å². The highest BCUT2D eigenvalue weighted by Crippen LogP contribution is 2.30. The molecular weight excluding hydrogens is 330 g/mol. The maximum atomic E-state index is 12.2. The number of ether oxygens (including phenoxy) is 3. The molecule has 26 heavy (non-hydrogen) atoms. The normalized spacial score (nSPS) is 15.0. The lowest BCUT2D eigenvalue weighted by atomic mass is 10.1. The summed E-state index contributed by atoms with van der Waals surface area (Å²) in [5.41, 5.74) is 2.95. The fraction of sp³-hybridized carbons (Fsp3) is 0.238. The van der Waals surface area contributed by atoms with E-state index in [0.29, 0.717) is 30.3 Å². The van der Waals surface area contributed by atoms with Crippen molar-refractivity contribution in [3.63, 3.8) is 0 Å². The van der Waals surface area contributed by atoms with Crippen LogP contribution < -0.4 is 9.47 Å². The van der Waals surface area contributed by atoms with E-state index >= 15 is 0 Å². The molecule has 0 atom stereocenters. The lowest BCUT2D eigenvalue weighted by molar-refractivity contribution is -0.129. The van der Waals surface area contributed by atoms with E-state index in [1.54, 1.807) is 24.3 Å². The Morgan fingerprint density at radius 1 is 1.04 bits per heavy atom. The summed E-state index contributed by atoms with van der Waals surface area (Å²) in [7, 11) is 0. The van der Waals surface area contributed by atoms with Gasteiger partial charge in [-0.15, -0.1) is 0 Å². The second-order valence-corrected chi connectivity index (χ2v) is 5.72. The van der Waals surface area contributed by atoms with E-state index in [1.807, 2.05) is 45.0 Å². The van der Waals surface area contributed by atoms with Crippen LogP contribution in [0.2, 0.25) is 0 Å². The summed E-state index contributed by atoms with van der Waals surface area (Å²) < 4.78 is 16.5. The quantitative estimate of drug-likeness (QED) is 0.580. The number of esters is 1. The Labute approximate surface area is 152 Å². The maximum absolute atomic E-state index is 12.2. The summed E-state index contributed by atoms with van der Waals surface area (Å²) in [5.74, 6) is 1.05.